The molecule has 8 heteroatoms. The molecular formula is C19H22N6O2. The third-order valence-corrected chi connectivity index (χ3v) is 6.27. The highest BCUT2D eigenvalue weighted by atomic mass is 16.4. The molecule has 2 fully saturated rings. The van der Waals surface area contributed by atoms with Crippen molar-refractivity contribution in [2.75, 3.05) is 20.1 Å². The fourth-order valence-electron chi connectivity index (χ4n) is 4.80. The lowest BCUT2D eigenvalue weighted by atomic mass is 9.98. The van der Waals surface area contributed by atoms with Gasteiger partial charge >= 0.3 is 6.09 Å². The van der Waals surface area contributed by atoms with E-state index in [0.29, 0.717) is 31.1 Å². The second kappa shape index (κ2) is 6.09. The van der Waals surface area contributed by atoms with Crippen molar-refractivity contribution >= 4 is 17.0 Å². The number of amides is 1. The Morgan fingerprint density at radius 3 is 2.85 bits per heavy atom. The van der Waals surface area contributed by atoms with Crippen molar-refractivity contribution in [1.82, 2.24) is 29.5 Å². The van der Waals surface area contributed by atoms with Crippen LogP contribution in [0.15, 0.2) is 37.1 Å². The third kappa shape index (κ3) is 2.68. The molecule has 2 aliphatic heterocycles. The summed E-state index contributed by atoms with van der Waals surface area (Å²) >= 11 is 0. The zero-order chi connectivity index (χ0) is 18.5. The van der Waals surface area contributed by atoms with E-state index in [-0.39, 0.29) is 0 Å². The molecule has 0 aliphatic carbocycles. The molecule has 5 rings (SSSR count). The lowest BCUT2D eigenvalue weighted by Gasteiger charge is -2.26. The number of aromatic nitrogens is 4. The Bertz CT molecular complexity index is 981. The van der Waals surface area contributed by atoms with Gasteiger partial charge in [-0.05, 0) is 49.6 Å². The highest BCUT2D eigenvalue weighted by Crippen LogP contribution is 2.36. The molecule has 0 spiro atoms. The summed E-state index contributed by atoms with van der Waals surface area (Å²) in [7, 11) is 2.14. The monoisotopic (exact) mass is 366 g/mol. The van der Waals surface area contributed by atoms with Gasteiger partial charge in [-0.2, -0.15) is 0 Å². The lowest BCUT2D eigenvalue weighted by molar-refractivity contribution is 0.145. The molecule has 2 aliphatic rings. The summed E-state index contributed by atoms with van der Waals surface area (Å²) in [6, 6.07) is 7.09. The fourth-order valence-corrected chi connectivity index (χ4v) is 4.80. The van der Waals surface area contributed by atoms with Crippen molar-refractivity contribution in [2.45, 2.75) is 24.9 Å². The van der Waals surface area contributed by atoms with Gasteiger partial charge in [0.15, 0.2) is 0 Å². The van der Waals surface area contributed by atoms with Gasteiger partial charge in [-0.1, -0.05) is 0 Å². The average Bonchev–Trinajstić information content (AvgIpc) is 3.42. The Morgan fingerprint density at radius 2 is 2.11 bits per heavy atom. The topological polar surface area (TPSA) is 90.3 Å². The summed E-state index contributed by atoms with van der Waals surface area (Å²) in [6.45, 7) is 1.28. The maximum absolute atomic E-state index is 11.2. The van der Waals surface area contributed by atoms with Crippen LogP contribution >= 0.6 is 0 Å². The second-order valence-corrected chi connectivity index (χ2v) is 7.69. The van der Waals surface area contributed by atoms with Crippen LogP contribution in [0.3, 0.4) is 0 Å². The summed E-state index contributed by atoms with van der Waals surface area (Å²) in [5, 5.41) is 18.2. The molecule has 3 atom stereocenters. The fraction of sp³-hybridized carbons (Fsp3) is 0.421. The van der Waals surface area contributed by atoms with Crippen LogP contribution in [0.4, 0.5) is 4.79 Å². The minimum absolute atomic E-state index is 0.337. The number of likely N-dealkylation sites (N-methyl/N-ethyl adjacent to an activating group) is 1. The standard InChI is InChI=1S/C19H22N6O2/c1-23-15(5-13-8-24(19(26)27)9-18(13)23)4-12-7-20-17-3-2-14(6-16(12)17)25-10-21-22-11-25/h2-3,6-7,10-11,13,15,18,20H,4-5,8-9H2,1H3,(H,26,27). The molecule has 0 radical (unpaired) electrons. The van der Waals surface area contributed by atoms with E-state index in [2.05, 4.69) is 51.5 Å². The smallest absolute Gasteiger partial charge is 0.407 e. The number of likely N-dealkylation sites (tertiary alicyclic amines) is 2. The molecule has 8 nitrogen and oxygen atoms in total. The number of benzene rings is 1. The maximum atomic E-state index is 11.2. The highest BCUT2D eigenvalue weighted by molar-refractivity contribution is 5.85. The van der Waals surface area contributed by atoms with Crippen molar-refractivity contribution < 1.29 is 9.90 Å². The van der Waals surface area contributed by atoms with Gasteiger partial charge in [0.05, 0.1) is 0 Å². The minimum atomic E-state index is -0.799. The number of rotatable bonds is 3. The number of carboxylic acid groups (broad SMARTS) is 1. The first kappa shape index (κ1) is 16.3. The predicted octanol–water partition coefficient (Wildman–Crippen LogP) is 1.97. The third-order valence-electron chi connectivity index (χ3n) is 6.27. The zero-order valence-electron chi connectivity index (χ0n) is 15.1. The molecule has 1 aromatic carbocycles. The van der Waals surface area contributed by atoms with E-state index in [4.69, 9.17) is 0 Å². The zero-order valence-corrected chi connectivity index (χ0v) is 15.1. The van der Waals surface area contributed by atoms with Crippen LogP contribution in [-0.4, -0.2) is 73.0 Å². The highest BCUT2D eigenvalue weighted by Gasteiger charge is 2.45. The number of nitrogens with one attached hydrogen (secondary N) is 1. The maximum Gasteiger partial charge on any atom is 0.407 e. The molecule has 140 valence electrons. The van der Waals surface area contributed by atoms with Crippen LogP contribution in [0.1, 0.15) is 12.0 Å². The van der Waals surface area contributed by atoms with Crippen LogP contribution in [0.2, 0.25) is 0 Å². The molecule has 2 saturated heterocycles. The number of hydrogen-bond donors (Lipinski definition) is 2. The Balaban J connectivity index is 1.38. The number of hydrogen-bond acceptors (Lipinski definition) is 4. The quantitative estimate of drug-likeness (QED) is 0.740. The molecule has 3 unspecified atom stereocenters. The molecule has 4 heterocycles. The number of fused-ring (bicyclic) bond motifs is 2. The molecule has 0 bridgehead atoms. The van der Waals surface area contributed by atoms with E-state index in [1.165, 1.54) is 10.9 Å². The minimum Gasteiger partial charge on any atom is -0.465 e. The summed E-state index contributed by atoms with van der Waals surface area (Å²) < 4.78 is 1.91. The van der Waals surface area contributed by atoms with Crippen molar-refractivity contribution in [1.29, 1.82) is 0 Å². The van der Waals surface area contributed by atoms with Crippen molar-refractivity contribution in [3.63, 3.8) is 0 Å². The SMILES string of the molecule is CN1C(Cc2c[nH]c3ccc(-n4cnnc4)cc23)CC2CN(C(=O)O)CC21. The summed E-state index contributed by atoms with van der Waals surface area (Å²) in [4.78, 5) is 18.6. The number of aromatic amines is 1. The number of H-pyrrole nitrogens is 1. The van der Waals surface area contributed by atoms with Gasteiger partial charge in [-0.15, -0.1) is 10.2 Å². The molecule has 2 N–H and O–H groups in total. The first-order chi connectivity index (χ1) is 13.1. The predicted molar refractivity (Wildman–Crippen MR) is 100.0 cm³/mol. The van der Waals surface area contributed by atoms with Gasteiger partial charge in [0, 0.05) is 48.0 Å². The average molecular weight is 366 g/mol. The molecule has 0 saturated carbocycles. The Hall–Kier alpha value is -2.87. The van der Waals surface area contributed by atoms with E-state index in [0.717, 1.165) is 24.0 Å². The largest absolute Gasteiger partial charge is 0.465 e. The first-order valence-electron chi connectivity index (χ1n) is 9.25. The van der Waals surface area contributed by atoms with Crippen LogP contribution in [0.25, 0.3) is 16.6 Å². The lowest BCUT2D eigenvalue weighted by Crippen LogP contribution is -2.39. The normalized spacial score (nSPS) is 25.4. The van der Waals surface area contributed by atoms with Crippen LogP contribution in [0.5, 0.6) is 0 Å². The molecule has 1 amide bonds. The summed E-state index contributed by atoms with van der Waals surface area (Å²) in [6.07, 6.45) is 6.71. The van der Waals surface area contributed by atoms with Gasteiger partial charge < -0.3 is 15.0 Å². The van der Waals surface area contributed by atoms with Gasteiger partial charge in [-0.25, -0.2) is 4.79 Å². The van der Waals surface area contributed by atoms with Gasteiger partial charge in [0.1, 0.15) is 12.7 Å². The second-order valence-electron chi connectivity index (χ2n) is 7.69. The van der Waals surface area contributed by atoms with E-state index in [9.17, 15) is 9.90 Å². The number of nitrogens with zero attached hydrogens (tertiary/aromatic N) is 5. The van der Waals surface area contributed by atoms with E-state index < -0.39 is 6.09 Å². The van der Waals surface area contributed by atoms with Crippen molar-refractivity contribution in [2.24, 2.45) is 5.92 Å². The van der Waals surface area contributed by atoms with Crippen LogP contribution in [-0.2, 0) is 6.42 Å². The van der Waals surface area contributed by atoms with E-state index in [1.54, 1.807) is 17.6 Å². The van der Waals surface area contributed by atoms with Gasteiger partial charge in [0.25, 0.3) is 0 Å². The Morgan fingerprint density at radius 1 is 1.30 bits per heavy atom. The van der Waals surface area contributed by atoms with Gasteiger partial charge in [-0.3, -0.25) is 9.47 Å². The Labute approximate surface area is 156 Å². The van der Waals surface area contributed by atoms with E-state index in [1.807, 2.05) is 4.57 Å². The van der Waals surface area contributed by atoms with Crippen molar-refractivity contribution in [3.05, 3.63) is 42.6 Å². The van der Waals surface area contributed by atoms with Crippen LogP contribution in [0, 0.1) is 5.92 Å². The van der Waals surface area contributed by atoms with Crippen LogP contribution < -0.4 is 0 Å². The Kier molecular flexibility index (Phi) is 3.68. The van der Waals surface area contributed by atoms with Crippen molar-refractivity contribution in [3.8, 4) is 5.69 Å². The number of carbonyl (C=O) groups is 1. The molecular weight excluding hydrogens is 344 g/mol. The summed E-state index contributed by atoms with van der Waals surface area (Å²) in [5.74, 6) is 0.439. The summed E-state index contributed by atoms with van der Waals surface area (Å²) in [5.41, 5.74) is 3.47. The first-order valence-corrected chi connectivity index (χ1v) is 9.25. The van der Waals surface area contributed by atoms with E-state index >= 15 is 0 Å². The van der Waals surface area contributed by atoms with Gasteiger partial charge in [0.2, 0.25) is 0 Å². The molecule has 27 heavy (non-hydrogen) atoms. The molecule has 3 aromatic rings. The molecule has 2 aromatic heterocycles.